The van der Waals surface area contributed by atoms with Crippen LogP contribution in [-0.2, 0) is 0 Å². The third kappa shape index (κ3) is 0.739. The van der Waals surface area contributed by atoms with E-state index in [0.29, 0.717) is 0 Å². The number of allylic oxidation sites excluding steroid dienone is 8. The molecule has 50 valence electrons. The zero-order valence-electron chi connectivity index (χ0n) is 5.42. The minimum absolute atomic E-state index is 0.0156. The first-order valence-electron chi connectivity index (χ1n) is 3.26. The Bertz CT molecular complexity index is 268. The second kappa shape index (κ2) is 1.96. The molecule has 0 amide bonds. The second-order valence-electron chi connectivity index (χ2n) is 2.47. The molecule has 2 rings (SSSR count). The van der Waals surface area contributed by atoms with Crippen LogP contribution in [0.2, 0.25) is 0 Å². The Morgan fingerprint density at radius 2 is 1.90 bits per heavy atom. The van der Waals surface area contributed by atoms with Crippen LogP contribution in [0.25, 0.3) is 0 Å². The summed E-state index contributed by atoms with van der Waals surface area (Å²) in [7, 11) is 0. The maximum Gasteiger partial charge on any atom is 0.0872 e. The number of rotatable bonds is 0. The van der Waals surface area contributed by atoms with Gasteiger partial charge >= 0.3 is 0 Å². The zero-order valence-corrected chi connectivity index (χ0v) is 7.01. The molecule has 1 heteroatoms. The van der Waals surface area contributed by atoms with Crippen molar-refractivity contribution in [1.82, 2.24) is 0 Å². The highest BCUT2D eigenvalue weighted by molar-refractivity contribution is 9.10. The lowest BCUT2D eigenvalue weighted by Gasteiger charge is -2.19. The van der Waals surface area contributed by atoms with Gasteiger partial charge in [0.25, 0.3) is 0 Å². The van der Waals surface area contributed by atoms with Crippen molar-refractivity contribution in [3.63, 3.8) is 0 Å². The van der Waals surface area contributed by atoms with E-state index in [9.17, 15) is 0 Å². The maximum atomic E-state index is 3.63. The van der Waals surface area contributed by atoms with Crippen molar-refractivity contribution < 1.29 is 0 Å². The molecular weight excluding hydrogens is 188 g/mol. The highest BCUT2D eigenvalue weighted by Crippen LogP contribution is 2.37. The Balaban J connectivity index is 2.51. The quantitative estimate of drug-likeness (QED) is 0.521. The van der Waals surface area contributed by atoms with Gasteiger partial charge in [-0.3, -0.25) is 0 Å². The van der Waals surface area contributed by atoms with Gasteiger partial charge in [0.2, 0.25) is 0 Å². The van der Waals surface area contributed by atoms with E-state index in [2.05, 4.69) is 58.5 Å². The molecule has 2 aliphatic carbocycles. The van der Waals surface area contributed by atoms with E-state index in [0.717, 1.165) is 0 Å². The largest absolute Gasteiger partial charge is 0.0872 e. The molecule has 0 nitrogen and oxygen atoms in total. The Hall–Kier alpha value is -0.560. The Morgan fingerprint density at radius 1 is 1.10 bits per heavy atom. The molecule has 0 N–H and O–H groups in total. The monoisotopic (exact) mass is 194 g/mol. The second-order valence-corrected chi connectivity index (χ2v) is 3.78. The Morgan fingerprint density at radius 3 is 2.70 bits per heavy atom. The Labute approximate surface area is 68.8 Å². The van der Waals surface area contributed by atoms with Crippen molar-refractivity contribution in [2.45, 2.75) is 4.32 Å². The summed E-state index contributed by atoms with van der Waals surface area (Å²) in [6.07, 6.45) is 14.7. The van der Waals surface area contributed by atoms with E-state index in [1.54, 1.807) is 0 Å². The molecule has 0 heterocycles. The van der Waals surface area contributed by atoms with Crippen LogP contribution in [0, 0.1) is 0 Å². The topological polar surface area (TPSA) is 0 Å². The average molecular weight is 195 g/mol. The van der Waals surface area contributed by atoms with Gasteiger partial charge in [-0.1, -0.05) is 58.5 Å². The van der Waals surface area contributed by atoms with Crippen LogP contribution in [-0.4, -0.2) is 4.32 Å². The molecule has 1 unspecified atom stereocenters. The molecule has 0 saturated carbocycles. The summed E-state index contributed by atoms with van der Waals surface area (Å²) < 4.78 is 0.0156. The van der Waals surface area contributed by atoms with Gasteiger partial charge in [0.05, 0.1) is 4.32 Å². The highest BCUT2D eigenvalue weighted by atomic mass is 79.9. The fraction of sp³-hybridized carbons (Fsp3) is 0.111. The van der Waals surface area contributed by atoms with Crippen molar-refractivity contribution in [2.75, 3.05) is 0 Å². The van der Waals surface area contributed by atoms with Crippen LogP contribution in [0.1, 0.15) is 0 Å². The van der Waals surface area contributed by atoms with Crippen molar-refractivity contribution in [1.29, 1.82) is 0 Å². The van der Waals surface area contributed by atoms with Gasteiger partial charge < -0.3 is 0 Å². The molecule has 0 aromatic heterocycles. The molecule has 10 heavy (non-hydrogen) atoms. The molecular formula is C9H7Br. The zero-order chi connectivity index (χ0) is 7.03. The lowest BCUT2D eigenvalue weighted by molar-refractivity contribution is 1.11. The van der Waals surface area contributed by atoms with E-state index >= 15 is 0 Å². The van der Waals surface area contributed by atoms with Crippen LogP contribution < -0.4 is 0 Å². The van der Waals surface area contributed by atoms with E-state index < -0.39 is 0 Å². The summed E-state index contributed by atoms with van der Waals surface area (Å²) in [5.74, 6) is 0. The molecule has 0 saturated heterocycles. The summed E-state index contributed by atoms with van der Waals surface area (Å²) in [5, 5.41) is 0. The number of fused-ring (bicyclic) bond motifs is 1. The number of alkyl halides is 1. The van der Waals surface area contributed by atoms with Crippen LogP contribution in [0.15, 0.2) is 48.1 Å². The summed E-state index contributed by atoms with van der Waals surface area (Å²) in [4.78, 5) is 0. The van der Waals surface area contributed by atoms with Crippen LogP contribution >= 0.6 is 15.9 Å². The predicted molar refractivity (Wildman–Crippen MR) is 47.2 cm³/mol. The van der Waals surface area contributed by atoms with Crippen molar-refractivity contribution >= 4 is 15.9 Å². The van der Waals surface area contributed by atoms with E-state index in [-0.39, 0.29) is 4.32 Å². The van der Waals surface area contributed by atoms with Gasteiger partial charge in [-0.2, -0.15) is 0 Å². The molecule has 0 spiro atoms. The van der Waals surface area contributed by atoms with Gasteiger partial charge in [0, 0.05) is 0 Å². The van der Waals surface area contributed by atoms with Crippen LogP contribution in [0.4, 0.5) is 0 Å². The minimum Gasteiger partial charge on any atom is -0.0709 e. The number of hydrogen-bond acceptors (Lipinski definition) is 0. The number of halogens is 1. The van der Waals surface area contributed by atoms with Crippen molar-refractivity contribution in [3.8, 4) is 0 Å². The molecule has 0 radical (unpaired) electrons. The van der Waals surface area contributed by atoms with Crippen molar-refractivity contribution in [3.05, 3.63) is 48.1 Å². The molecule has 0 fully saturated rings. The molecule has 0 bridgehead atoms. The third-order valence-corrected chi connectivity index (χ3v) is 2.77. The Kier molecular flexibility index (Phi) is 1.21. The molecule has 1 atom stereocenters. The van der Waals surface area contributed by atoms with E-state index in [1.165, 1.54) is 5.57 Å². The SMILES string of the molecule is BrC12C=CC=CC1=CC=C2. The average Bonchev–Trinajstić information content (AvgIpc) is 2.29. The lowest BCUT2D eigenvalue weighted by atomic mass is 9.98. The number of hydrogen-bond donors (Lipinski definition) is 0. The van der Waals surface area contributed by atoms with Gasteiger partial charge in [0.1, 0.15) is 0 Å². The first kappa shape index (κ1) is 6.17. The first-order valence-corrected chi connectivity index (χ1v) is 4.05. The molecule has 0 aliphatic heterocycles. The highest BCUT2D eigenvalue weighted by Gasteiger charge is 2.26. The van der Waals surface area contributed by atoms with E-state index in [1.807, 2.05) is 0 Å². The molecule has 0 aromatic carbocycles. The minimum atomic E-state index is 0.0156. The summed E-state index contributed by atoms with van der Waals surface area (Å²) >= 11 is 3.63. The normalized spacial score (nSPS) is 34.3. The predicted octanol–water partition coefficient (Wildman–Crippen LogP) is 2.74. The van der Waals surface area contributed by atoms with Crippen LogP contribution in [0.3, 0.4) is 0 Å². The summed E-state index contributed by atoms with van der Waals surface area (Å²) in [6.45, 7) is 0. The first-order chi connectivity index (χ1) is 4.81. The lowest BCUT2D eigenvalue weighted by Crippen LogP contribution is -2.14. The van der Waals surface area contributed by atoms with Crippen LogP contribution in [0.5, 0.6) is 0 Å². The smallest absolute Gasteiger partial charge is 0.0709 e. The van der Waals surface area contributed by atoms with Crippen molar-refractivity contribution in [2.24, 2.45) is 0 Å². The standard InChI is InChI=1S/C9H7Br/c10-9-6-2-1-4-8(9)5-3-7-9/h1-7H. The maximum absolute atomic E-state index is 3.63. The fourth-order valence-corrected chi connectivity index (χ4v) is 1.78. The molecule has 0 aromatic rings. The summed E-state index contributed by atoms with van der Waals surface area (Å²) in [5.41, 5.74) is 1.31. The summed E-state index contributed by atoms with van der Waals surface area (Å²) in [6, 6.07) is 0. The molecule has 2 aliphatic rings. The van der Waals surface area contributed by atoms with Gasteiger partial charge in [-0.05, 0) is 5.57 Å². The van der Waals surface area contributed by atoms with Gasteiger partial charge in [-0.15, -0.1) is 0 Å². The third-order valence-electron chi connectivity index (χ3n) is 1.78. The van der Waals surface area contributed by atoms with Gasteiger partial charge in [0.15, 0.2) is 0 Å². The van der Waals surface area contributed by atoms with Gasteiger partial charge in [-0.25, -0.2) is 0 Å². The fourth-order valence-electron chi connectivity index (χ4n) is 1.21. The van der Waals surface area contributed by atoms with E-state index in [4.69, 9.17) is 0 Å².